The van der Waals surface area contributed by atoms with E-state index in [1.807, 2.05) is 22.6 Å². The third kappa shape index (κ3) is 8.02. The maximum absolute atomic E-state index is 13.0. The maximum Gasteiger partial charge on any atom is 0.248 e. The van der Waals surface area contributed by atoms with Crippen molar-refractivity contribution in [1.82, 2.24) is 10.2 Å². The van der Waals surface area contributed by atoms with Gasteiger partial charge in [-0.1, -0.05) is 0 Å². The first-order valence-corrected chi connectivity index (χ1v) is 12.7. The van der Waals surface area contributed by atoms with Crippen LogP contribution in [0.1, 0.15) is 18.9 Å². The zero-order valence-corrected chi connectivity index (χ0v) is 22.9. The Bertz CT molecular complexity index is 912. The summed E-state index contributed by atoms with van der Waals surface area (Å²) in [5.41, 5.74) is 0.925. The quantitative estimate of drug-likeness (QED) is 0.214. The fraction of sp³-hybridized carbons (Fsp3) is 0.583. The summed E-state index contributed by atoms with van der Waals surface area (Å²) in [5.74, 6) is -0.108. The van der Waals surface area contributed by atoms with Gasteiger partial charge in [0.2, 0.25) is 11.8 Å². The van der Waals surface area contributed by atoms with Crippen LogP contribution in [0.2, 0.25) is 0 Å². The second kappa shape index (κ2) is 15.3. The molecule has 0 fully saturated rings. The Kier molecular flexibility index (Phi) is 12.9. The van der Waals surface area contributed by atoms with E-state index in [1.54, 1.807) is 19.1 Å². The van der Waals surface area contributed by atoms with Crippen molar-refractivity contribution in [3.8, 4) is 11.5 Å². The van der Waals surface area contributed by atoms with Gasteiger partial charge in [0.15, 0.2) is 11.5 Å². The van der Waals surface area contributed by atoms with Crippen LogP contribution >= 0.6 is 22.6 Å². The first-order chi connectivity index (χ1) is 17.3. The number of nitrogens with one attached hydrogen (secondary N) is 1. The van der Waals surface area contributed by atoms with Crippen molar-refractivity contribution in [2.24, 2.45) is 0 Å². The van der Waals surface area contributed by atoms with Crippen LogP contribution in [0.25, 0.3) is 0 Å². The summed E-state index contributed by atoms with van der Waals surface area (Å²) in [6.07, 6.45) is -0.617. The van der Waals surface area contributed by atoms with Crippen LogP contribution in [0.4, 0.5) is 0 Å². The molecule has 4 N–H and O–H groups in total. The third-order valence-electron chi connectivity index (χ3n) is 5.63. The largest absolute Gasteiger partial charge is 0.493 e. The van der Waals surface area contributed by atoms with Crippen molar-refractivity contribution in [3.05, 3.63) is 32.9 Å². The molecule has 11 nitrogen and oxygen atoms in total. The van der Waals surface area contributed by atoms with Gasteiger partial charge in [-0.25, -0.2) is 0 Å². The molecule has 3 unspecified atom stereocenters. The average Bonchev–Trinajstić information content (AvgIpc) is 2.88. The number of rotatable bonds is 14. The molecule has 0 saturated carbocycles. The standard InChI is InChI=1S/C24H35IN2O9/c1-4-35-14-21(30)27(6-8-33-2)18-11-16(24(32)26-5-7-28)12-19(22(18)31)36-23-17(25)9-15(13-29)10-20(23)34-3/h9-10,12,18-19,22,28-29,31H,4-8,11,13-14H2,1-3H3,(H,26,32). The number of halogens is 1. The lowest BCUT2D eigenvalue weighted by Crippen LogP contribution is -2.56. The van der Waals surface area contributed by atoms with E-state index in [1.165, 1.54) is 25.2 Å². The molecule has 202 valence electrons. The molecule has 0 spiro atoms. The normalized spacial score (nSPS) is 19.4. The topological polar surface area (TPSA) is 147 Å². The first kappa shape index (κ1) is 30.3. The van der Waals surface area contributed by atoms with E-state index in [4.69, 9.17) is 24.1 Å². The van der Waals surface area contributed by atoms with Crippen molar-refractivity contribution in [2.75, 3.05) is 53.7 Å². The number of hydrogen-bond acceptors (Lipinski definition) is 9. The van der Waals surface area contributed by atoms with E-state index < -0.39 is 24.2 Å². The molecule has 0 aliphatic heterocycles. The molecule has 0 aromatic heterocycles. The number of carbonyl (C=O) groups excluding carboxylic acids is 2. The number of ether oxygens (including phenoxy) is 4. The molecule has 0 saturated heterocycles. The highest BCUT2D eigenvalue weighted by Crippen LogP contribution is 2.37. The van der Waals surface area contributed by atoms with E-state index in [0.717, 1.165) is 0 Å². The Balaban J connectivity index is 2.47. The lowest BCUT2D eigenvalue weighted by Gasteiger charge is -2.40. The van der Waals surface area contributed by atoms with Crippen molar-refractivity contribution >= 4 is 34.4 Å². The van der Waals surface area contributed by atoms with Crippen LogP contribution in [0.3, 0.4) is 0 Å². The van der Waals surface area contributed by atoms with E-state index >= 15 is 0 Å². The monoisotopic (exact) mass is 622 g/mol. The Morgan fingerprint density at radius 1 is 1.25 bits per heavy atom. The lowest BCUT2D eigenvalue weighted by molar-refractivity contribution is -0.144. The summed E-state index contributed by atoms with van der Waals surface area (Å²) in [4.78, 5) is 27.3. The SMILES string of the molecule is CCOCC(=O)N(CCOC)C1CC(C(=O)NCCO)=CC(Oc2c(I)cc(CO)cc2OC)C1O. The van der Waals surface area contributed by atoms with E-state index in [-0.39, 0.29) is 51.8 Å². The van der Waals surface area contributed by atoms with E-state index in [9.17, 15) is 19.8 Å². The van der Waals surface area contributed by atoms with Crippen LogP contribution in [-0.4, -0.2) is 104 Å². The fourth-order valence-electron chi connectivity index (χ4n) is 3.83. The predicted molar refractivity (Wildman–Crippen MR) is 139 cm³/mol. The molecule has 1 aliphatic rings. The van der Waals surface area contributed by atoms with Crippen LogP contribution in [-0.2, 0) is 25.7 Å². The second-order valence-electron chi connectivity index (χ2n) is 8.00. The Hall–Kier alpha value is -1.97. The molecule has 36 heavy (non-hydrogen) atoms. The molecule has 0 radical (unpaired) electrons. The summed E-state index contributed by atoms with van der Waals surface area (Å²) in [6.45, 7) is 1.97. The number of aliphatic hydroxyl groups is 3. The molecule has 1 aliphatic carbocycles. The van der Waals surface area contributed by atoms with Crippen LogP contribution in [0, 0.1) is 3.57 Å². The van der Waals surface area contributed by atoms with Crippen molar-refractivity contribution in [3.63, 3.8) is 0 Å². The van der Waals surface area contributed by atoms with E-state index in [2.05, 4.69) is 5.32 Å². The van der Waals surface area contributed by atoms with Crippen molar-refractivity contribution in [2.45, 2.75) is 38.2 Å². The number of carbonyl (C=O) groups is 2. The van der Waals surface area contributed by atoms with Crippen molar-refractivity contribution < 1.29 is 43.9 Å². The zero-order valence-electron chi connectivity index (χ0n) is 20.7. The highest BCUT2D eigenvalue weighted by Gasteiger charge is 2.40. The number of nitrogens with zero attached hydrogens (tertiary/aromatic N) is 1. The summed E-state index contributed by atoms with van der Waals surface area (Å²) in [5, 5.41) is 32.6. The molecule has 2 amide bonds. The minimum Gasteiger partial charge on any atom is -0.493 e. The van der Waals surface area contributed by atoms with Gasteiger partial charge in [-0.05, 0) is 53.3 Å². The van der Waals surface area contributed by atoms with Gasteiger partial charge >= 0.3 is 0 Å². The number of amides is 2. The minimum absolute atomic E-state index is 0.0555. The summed E-state index contributed by atoms with van der Waals surface area (Å²) >= 11 is 2.04. The minimum atomic E-state index is -1.19. The maximum atomic E-state index is 13.0. The Labute approximate surface area is 224 Å². The fourth-order valence-corrected chi connectivity index (χ4v) is 4.62. The summed E-state index contributed by atoms with van der Waals surface area (Å²) in [7, 11) is 2.97. The number of methoxy groups -OCH3 is 2. The second-order valence-corrected chi connectivity index (χ2v) is 9.16. The predicted octanol–water partition coefficient (Wildman–Crippen LogP) is 0.219. The van der Waals surface area contributed by atoms with Crippen LogP contribution < -0.4 is 14.8 Å². The van der Waals surface area contributed by atoms with Gasteiger partial charge < -0.3 is 44.5 Å². The number of benzene rings is 1. The third-order valence-corrected chi connectivity index (χ3v) is 6.43. The molecule has 1 aromatic carbocycles. The smallest absolute Gasteiger partial charge is 0.248 e. The molecular formula is C24H35IN2O9. The van der Waals surface area contributed by atoms with E-state index in [0.29, 0.717) is 32.8 Å². The first-order valence-electron chi connectivity index (χ1n) is 11.6. The Morgan fingerprint density at radius 3 is 2.61 bits per heavy atom. The summed E-state index contributed by atoms with van der Waals surface area (Å²) < 4.78 is 22.7. The van der Waals surface area contributed by atoms with Gasteiger partial charge in [0.1, 0.15) is 18.8 Å². The highest BCUT2D eigenvalue weighted by atomic mass is 127. The molecule has 1 aromatic rings. The molecular weight excluding hydrogens is 587 g/mol. The molecule has 0 bridgehead atoms. The van der Waals surface area contributed by atoms with Crippen LogP contribution in [0.15, 0.2) is 23.8 Å². The lowest BCUT2D eigenvalue weighted by atomic mass is 9.88. The molecule has 12 heteroatoms. The van der Waals surface area contributed by atoms with Crippen LogP contribution in [0.5, 0.6) is 11.5 Å². The van der Waals surface area contributed by atoms with Gasteiger partial charge in [-0.3, -0.25) is 9.59 Å². The van der Waals surface area contributed by atoms with Gasteiger partial charge in [0.05, 0.1) is 36.5 Å². The van der Waals surface area contributed by atoms with Gasteiger partial charge in [0, 0.05) is 38.8 Å². The van der Waals surface area contributed by atoms with Gasteiger partial charge in [-0.15, -0.1) is 0 Å². The molecule has 3 atom stereocenters. The average molecular weight is 622 g/mol. The number of hydrogen-bond donors (Lipinski definition) is 4. The van der Waals surface area contributed by atoms with Gasteiger partial charge in [-0.2, -0.15) is 0 Å². The summed E-state index contributed by atoms with van der Waals surface area (Å²) in [6, 6.07) is 2.54. The van der Waals surface area contributed by atoms with Crippen molar-refractivity contribution in [1.29, 1.82) is 0 Å². The highest BCUT2D eigenvalue weighted by molar-refractivity contribution is 14.1. The zero-order chi connectivity index (χ0) is 26.7. The molecule has 2 rings (SSSR count). The Morgan fingerprint density at radius 2 is 2.00 bits per heavy atom. The molecule has 0 heterocycles. The number of aliphatic hydroxyl groups excluding tert-OH is 3. The van der Waals surface area contributed by atoms with Gasteiger partial charge in [0.25, 0.3) is 0 Å².